The lowest BCUT2D eigenvalue weighted by Gasteiger charge is -2.16. The lowest BCUT2D eigenvalue weighted by atomic mass is 10.0. The minimum Gasteiger partial charge on any atom is -0.483 e. The van der Waals surface area contributed by atoms with Crippen molar-refractivity contribution in [3.05, 3.63) is 63.2 Å². The lowest BCUT2D eigenvalue weighted by molar-refractivity contribution is -0.385. The molecule has 0 aromatic heterocycles. The molecule has 9 heteroatoms. The minimum atomic E-state index is -4.86. The van der Waals surface area contributed by atoms with Crippen molar-refractivity contribution < 1.29 is 27.6 Å². The highest BCUT2D eigenvalue weighted by atomic mass is 19.4. The maximum absolute atomic E-state index is 13.2. The molecule has 0 radical (unpaired) electrons. The molecule has 0 spiro atoms. The van der Waals surface area contributed by atoms with Crippen LogP contribution in [0.5, 0.6) is 5.75 Å². The normalized spacial score (nSPS) is 11.2. The van der Waals surface area contributed by atoms with Gasteiger partial charge in [0.1, 0.15) is 11.3 Å². The zero-order valence-electron chi connectivity index (χ0n) is 15.3. The molecule has 2 rings (SSSR count). The molecule has 2 aromatic rings. The van der Waals surface area contributed by atoms with Crippen LogP contribution in [-0.4, -0.2) is 17.4 Å². The molecule has 0 saturated heterocycles. The van der Waals surface area contributed by atoms with Crippen molar-refractivity contribution in [2.45, 2.75) is 32.9 Å². The first-order chi connectivity index (χ1) is 13.2. The number of non-ortho nitro benzene ring substituents is 1. The Morgan fingerprint density at radius 1 is 1.14 bits per heavy atom. The van der Waals surface area contributed by atoms with E-state index in [1.807, 2.05) is 32.0 Å². The third-order valence-electron chi connectivity index (χ3n) is 4.10. The number of nitro groups is 1. The monoisotopic (exact) mass is 396 g/mol. The molecule has 0 fully saturated rings. The Morgan fingerprint density at radius 2 is 1.75 bits per heavy atom. The molecule has 0 aliphatic carbocycles. The SMILES string of the molecule is CCc1cccc(CC)c1NC(=O)COc1ccc([N+](=O)[O-])cc1C(F)(F)F. The summed E-state index contributed by atoms with van der Waals surface area (Å²) in [5.41, 5.74) is 0.408. The number of benzene rings is 2. The van der Waals surface area contributed by atoms with Crippen molar-refractivity contribution in [1.82, 2.24) is 0 Å². The Kier molecular flexibility index (Phi) is 6.61. The van der Waals surface area contributed by atoms with E-state index in [0.717, 1.165) is 23.3 Å². The molecule has 1 N–H and O–H groups in total. The van der Waals surface area contributed by atoms with Gasteiger partial charge in [0.05, 0.1) is 4.92 Å². The van der Waals surface area contributed by atoms with E-state index in [4.69, 9.17) is 4.74 Å². The number of amides is 1. The molecule has 150 valence electrons. The van der Waals surface area contributed by atoms with E-state index in [0.29, 0.717) is 24.6 Å². The van der Waals surface area contributed by atoms with Gasteiger partial charge in [0.15, 0.2) is 6.61 Å². The number of hydrogen-bond acceptors (Lipinski definition) is 4. The minimum absolute atomic E-state index is 0.384. The number of hydrogen-bond donors (Lipinski definition) is 1. The molecule has 0 saturated carbocycles. The van der Waals surface area contributed by atoms with Crippen LogP contribution in [0.4, 0.5) is 24.5 Å². The van der Waals surface area contributed by atoms with Crippen LogP contribution < -0.4 is 10.1 Å². The highest BCUT2D eigenvalue weighted by molar-refractivity contribution is 5.93. The number of carbonyl (C=O) groups excluding carboxylic acids is 1. The molecule has 0 aliphatic heterocycles. The van der Waals surface area contributed by atoms with Gasteiger partial charge in [-0.1, -0.05) is 32.0 Å². The molecule has 0 bridgehead atoms. The van der Waals surface area contributed by atoms with Crippen LogP contribution >= 0.6 is 0 Å². The van der Waals surface area contributed by atoms with Crippen LogP contribution in [0.1, 0.15) is 30.5 Å². The Bertz CT molecular complexity index is 860. The topological polar surface area (TPSA) is 81.5 Å². The molecule has 0 heterocycles. The summed E-state index contributed by atoms with van der Waals surface area (Å²) in [5.74, 6) is -1.27. The van der Waals surface area contributed by atoms with Crippen LogP contribution in [0, 0.1) is 10.1 Å². The van der Waals surface area contributed by atoms with Gasteiger partial charge in [-0.15, -0.1) is 0 Å². The van der Waals surface area contributed by atoms with Gasteiger partial charge in [-0.2, -0.15) is 13.2 Å². The smallest absolute Gasteiger partial charge is 0.420 e. The fourth-order valence-corrected chi connectivity index (χ4v) is 2.70. The number of halogens is 3. The van der Waals surface area contributed by atoms with Gasteiger partial charge in [-0.25, -0.2) is 0 Å². The number of nitrogens with zero attached hydrogens (tertiary/aromatic N) is 1. The summed E-state index contributed by atoms with van der Waals surface area (Å²) in [7, 11) is 0. The number of rotatable bonds is 7. The molecular formula is C19H19F3N2O4. The van der Waals surface area contributed by atoms with Crippen molar-refractivity contribution in [2.75, 3.05) is 11.9 Å². The van der Waals surface area contributed by atoms with Crippen LogP contribution in [0.15, 0.2) is 36.4 Å². The Morgan fingerprint density at radius 3 is 2.25 bits per heavy atom. The Balaban J connectivity index is 2.19. The Hall–Kier alpha value is -3.10. The summed E-state index contributed by atoms with van der Waals surface area (Å²) < 4.78 is 44.5. The van der Waals surface area contributed by atoms with Gasteiger partial charge in [-0.05, 0) is 30.0 Å². The summed E-state index contributed by atoms with van der Waals surface area (Å²) in [5, 5.41) is 13.4. The lowest BCUT2D eigenvalue weighted by Crippen LogP contribution is -2.22. The predicted molar refractivity (Wildman–Crippen MR) is 97.4 cm³/mol. The zero-order chi connectivity index (χ0) is 20.9. The molecule has 1 amide bonds. The fourth-order valence-electron chi connectivity index (χ4n) is 2.70. The second-order valence-electron chi connectivity index (χ2n) is 5.93. The van der Waals surface area contributed by atoms with E-state index in [-0.39, 0.29) is 0 Å². The van der Waals surface area contributed by atoms with Crippen LogP contribution in [0.2, 0.25) is 0 Å². The van der Waals surface area contributed by atoms with Crippen molar-refractivity contribution in [3.63, 3.8) is 0 Å². The van der Waals surface area contributed by atoms with Crippen molar-refractivity contribution in [2.24, 2.45) is 0 Å². The maximum Gasteiger partial charge on any atom is 0.420 e. The average molecular weight is 396 g/mol. The highest BCUT2D eigenvalue weighted by Crippen LogP contribution is 2.38. The first-order valence-electron chi connectivity index (χ1n) is 8.56. The number of aryl methyl sites for hydroxylation is 2. The van der Waals surface area contributed by atoms with Crippen LogP contribution in [-0.2, 0) is 23.8 Å². The number of carbonyl (C=O) groups is 1. The second-order valence-corrected chi connectivity index (χ2v) is 5.93. The second kappa shape index (κ2) is 8.73. The average Bonchev–Trinajstić information content (AvgIpc) is 2.65. The predicted octanol–water partition coefficient (Wildman–Crippen LogP) is 4.76. The summed E-state index contributed by atoms with van der Waals surface area (Å²) in [6.45, 7) is 3.18. The summed E-state index contributed by atoms with van der Waals surface area (Å²) >= 11 is 0. The number of nitrogens with one attached hydrogen (secondary N) is 1. The molecule has 0 unspecified atom stereocenters. The third kappa shape index (κ3) is 4.99. The first kappa shape index (κ1) is 21.2. The van der Waals surface area contributed by atoms with Crippen LogP contribution in [0.25, 0.3) is 0 Å². The Labute approximate surface area is 159 Å². The number of ether oxygens (including phenoxy) is 1. The van der Waals surface area contributed by atoms with E-state index in [1.54, 1.807) is 0 Å². The quantitative estimate of drug-likeness (QED) is 0.541. The number of anilines is 1. The summed E-state index contributed by atoms with van der Waals surface area (Å²) in [6.07, 6.45) is -3.52. The summed E-state index contributed by atoms with van der Waals surface area (Å²) in [6, 6.07) is 7.70. The number of alkyl halides is 3. The van der Waals surface area contributed by atoms with E-state index < -0.39 is 40.6 Å². The van der Waals surface area contributed by atoms with Crippen molar-refractivity contribution in [1.29, 1.82) is 0 Å². The maximum atomic E-state index is 13.2. The van der Waals surface area contributed by atoms with Gasteiger partial charge in [0.2, 0.25) is 0 Å². The molecular weight excluding hydrogens is 377 g/mol. The van der Waals surface area contributed by atoms with E-state index in [9.17, 15) is 28.1 Å². The standard InChI is InChI=1S/C19H19F3N2O4/c1-3-12-6-5-7-13(4-2)18(12)23-17(25)11-28-16-9-8-14(24(26)27)10-15(16)19(20,21)22/h5-10H,3-4,11H2,1-2H3,(H,23,25). The number of para-hydroxylation sites is 1. The molecule has 2 aromatic carbocycles. The van der Waals surface area contributed by atoms with Gasteiger partial charge in [0, 0.05) is 17.8 Å². The number of nitro benzene ring substituents is 1. The van der Waals surface area contributed by atoms with Gasteiger partial charge in [-0.3, -0.25) is 14.9 Å². The third-order valence-corrected chi connectivity index (χ3v) is 4.10. The fraction of sp³-hybridized carbons (Fsp3) is 0.316. The van der Waals surface area contributed by atoms with E-state index >= 15 is 0 Å². The summed E-state index contributed by atoms with van der Waals surface area (Å²) in [4.78, 5) is 22.0. The highest BCUT2D eigenvalue weighted by Gasteiger charge is 2.36. The molecule has 0 aliphatic rings. The van der Waals surface area contributed by atoms with E-state index in [1.165, 1.54) is 0 Å². The molecule has 0 atom stereocenters. The van der Waals surface area contributed by atoms with Gasteiger partial charge >= 0.3 is 6.18 Å². The van der Waals surface area contributed by atoms with Gasteiger partial charge in [0.25, 0.3) is 11.6 Å². The largest absolute Gasteiger partial charge is 0.483 e. The molecule has 28 heavy (non-hydrogen) atoms. The van der Waals surface area contributed by atoms with Crippen molar-refractivity contribution >= 4 is 17.3 Å². The van der Waals surface area contributed by atoms with Crippen molar-refractivity contribution in [3.8, 4) is 5.75 Å². The first-order valence-corrected chi connectivity index (χ1v) is 8.56. The molecule has 6 nitrogen and oxygen atoms in total. The van der Waals surface area contributed by atoms with E-state index in [2.05, 4.69) is 5.32 Å². The zero-order valence-corrected chi connectivity index (χ0v) is 15.3. The van der Waals surface area contributed by atoms with Gasteiger partial charge < -0.3 is 10.1 Å². The van der Waals surface area contributed by atoms with Crippen LogP contribution in [0.3, 0.4) is 0 Å².